The highest BCUT2D eigenvalue weighted by Crippen LogP contribution is 2.24. The molecule has 0 fully saturated rings. The Bertz CT molecular complexity index is 648. The van der Waals surface area contributed by atoms with Gasteiger partial charge in [-0.1, -0.05) is 12.2 Å². The van der Waals surface area contributed by atoms with E-state index in [1.165, 1.54) is 5.69 Å². The number of nitrogens with two attached hydrogens (primary N) is 1. The van der Waals surface area contributed by atoms with E-state index in [1.54, 1.807) is 0 Å². The molecule has 0 spiro atoms. The number of hydrogen-bond donors (Lipinski definition) is 1. The van der Waals surface area contributed by atoms with Gasteiger partial charge in [0, 0.05) is 24.8 Å². The summed E-state index contributed by atoms with van der Waals surface area (Å²) in [6.07, 6.45) is 0. The molecule has 0 amide bonds. The monoisotopic (exact) mass is 366 g/mol. The molecule has 6 heteroatoms. The van der Waals surface area contributed by atoms with Crippen LogP contribution in [-0.2, 0) is 13.1 Å². The van der Waals surface area contributed by atoms with E-state index in [1.807, 2.05) is 35.9 Å². The Morgan fingerprint density at radius 1 is 1.38 bits per heavy atom. The zero-order valence-electron chi connectivity index (χ0n) is 12.4. The summed E-state index contributed by atoms with van der Waals surface area (Å²) in [6, 6.07) is 7.96. The number of hydrogen-bond acceptors (Lipinski definition) is 3. The second-order valence-corrected chi connectivity index (χ2v) is 6.16. The molecule has 0 atom stereocenters. The Morgan fingerprint density at radius 2 is 2.00 bits per heavy atom. The molecule has 0 aliphatic carbocycles. The fourth-order valence-electron chi connectivity index (χ4n) is 2.22. The maximum Gasteiger partial charge on any atom is 0.103 e. The number of aromatic nitrogens is 2. The molecule has 2 rings (SSSR count). The van der Waals surface area contributed by atoms with Crippen LogP contribution in [0.2, 0.25) is 0 Å². The average Bonchev–Trinajstić information content (AvgIpc) is 2.75. The van der Waals surface area contributed by atoms with Gasteiger partial charge < -0.3 is 10.6 Å². The van der Waals surface area contributed by atoms with Crippen molar-refractivity contribution >= 4 is 38.8 Å². The highest BCUT2D eigenvalue weighted by molar-refractivity contribution is 9.10. The molecular weight excluding hydrogens is 348 g/mol. The molecule has 1 aromatic heterocycles. The molecule has 4 nitrogen and oxygen atoms in total. The lowest BCUT2D eigenvalue weighted by molar-refractivity contribution is 0.612. The summed E-state index contributed by atoms with van der Waals surface area (Å²) >= 11 is 8.60. The van der Waals surface area contributed by atoms with Gasteiger partial charge in [-0.15, -0.1) is 0 Å². The highest BCUT2D eigenvalue weighted by Gasteiger charge is 2.14. The molecule has 0 aliphatic rings. The van der Waals surface area contributed by atoms with Gasteiger partial charge in [-0.2, -0.15) is 5.10 Å². The first-order valence-electron chi connectivity index (χ1n) is 6.76. The first-order valence-corrected chi connectivity index (χ1v) is 7.97. The van der Waals surface area contributed by atoms with Crippen LogP contribution in [0, 0.1) is 6.92 Å². The minimum Gasteiger partial charge on any atom is -0.389 e. The molecule has 0 saturated carbocycles. The van der Waals surface area contributed by atoms with E-state index in [4.69, 9.17) is 18.0 Å². The van der Waals surface area contributed by atoms with E-state index >= 15 is 0 Å². The first-order chi connectivity index (χ1) is 9.93. The number of nitrogens with zero attached hydrogens (tertiary/aromatic N) is 3. The van der Waals surface area contributed by atoms with Crippen LogP contribution < -0.4 is 10.6 Å². The van der Waals surface area contributed by atoms with E-state index in [0.717, 1.165) is 34.5 Å². The maximum absolute atomic E-state index is 5.62. The predicted molar refractivity (Wildman–Crippen MR) is 94.8 cm³/mol. The van der Waals surface area contributed by atoms with Crippen LogP contribution in [-0.4, -0.2) is 21.8 Å². The maximum atomic E-state index is 5.62. The number of halogens is 1. The van der Waals surface area contributed by atoms with Crippen molar-refractivity contribution < 1.29 is 0 Å². The van der Waals surface area contributed by atoms with Crippen molar-refractivity contribution in [3.8, 4) is 0 Å². The van der Waals surface area contributed by atoms with Gasteiger partial charge in [0.1, 0.15) is 4.99 Å². The van der Waals surface area contributed by atoms with Crippen molar-refractivity contribution in [3.05, 3.63) is 45.7 Å². The van der Waals surface area contributed by atoms with Gasteiger partial charge in [-0.05, 0) is 54.0 Å². The minimum atomic E-state index is 0.423. The van der Waals surface area contributed by atoms with Crippen molar-refractivity contribution in [1.29, 1.82) is 0 Å². The minimum absolute atomic E-state index is 0.423. The van der Waals surface area contributed by atoms with Crippen molar-refractivity contribution in [2.45, 2.75) is 26.9 Å². The Balaban J connectivity index is 2.21. The van der Waals surface area contributed by atoms with Crippen LogP contribution in [0.1, 0.15) is 23.9 Å². The van der Waals surface area contributed by atoms with Gasteiger partial charge in [0.05, 0.1) is 22.4 Å². The lowest BCUT2D eigenvalue weighted by Crippen LogP contribution is -2.19. The van der Waals surface area contributed by atoms with Crippen LogP contribution >= 0.6 is 28.1 Å². The van der Waals surface area contributed by atoms with E-state index < -0.39 is 0 Å². The zero-order chi connectivity index (χ0) is 15.6. The van der Waals surface area contributed by atoms with Crippen LogP contribution in [0.25, 0.3) is 0 Å². The van der Waals surface area contributed by atoms with Crippen molar-refractivity contribution in [2.24, 2.45) is 5.73 Å². The van der Waals surface area contributed by atoms with Gasteiger partial charge in [-0.3, -0.25) is 4.68 Å². The summed E-state index contributed by atoms with van der Waals surface area (Å²) in [5, 5.41) is 4.52. The molecule has 1 heterocycles. The van der Waals surface area contributed by atoms with Crippen LogP contribution in [0.15, 0.2) is 28.7 Å². The average molecular weight is 367 g/mol. The third-order valence-corrected chi connectivity index (χ3v) is 4.70. The highest BCUT2D eigenvalue weighted by atomic mass is 79.9. The summed E-state index contributed by atoms with van der Waals surface area (Å²) in [4.78, 5) is 2.60. The van der Waals surface area contributed by atoms with Gasteiger partial charge in [-0.25, -0.2) is 0 Å². The molecule has 21 heavy (non-hydrogen) atoms. The molecule has 2 aromatic rings. The summed E-state index contributed by atoms with van der Waals surface area (Å²) in [7, 11) is 2.06. The third-order valence-electron chi connectivity index (χ3n) is 3.43. The number of anilines is 1. The number of rotatable bonds is 5. The van der Waals surface area contributed by atoms with Crippen LogP contribution in [0.5, 0.6) is 0 Å². The summed E-state index contributed by atoms with van der Waals surface area (Å²) in [5.74, 6) is 0. The molecule has 0 aliphatic heterocycles. The third kappa shape index (κ3) is 3.44. The molecule has 0 radical (unpaired) electrons. The molecular formula is C15H19BrN4S. The second kappa shape index (κ2) is 6.58. The Hall–Kier alpha value is -1.40. The topological polar surface area (TPSA) is 47.1 Å². The van der Waals surface area contributed by atoms with Gasteiger partial charge in [0.2, 0.25) is 0 Å². The molecule has 112 valence electrons. The SMILES string of the molecule is CCn1nc(C)c(Br)c1CN(C)c1ccc(C(N)=S)cc1. The lowest BCUT2D eigenvalue weighted by atomic mass is 10.2. The van der Waals surface area contributed by atoms with Crippen molar-refractivity contribution in [2.75, 3.05) is 11.9 Å². The van der Waals surface area contributed by atoms with Crippen molar-refractivity contribution in [1.82, 2.24) is 9.78 Å². The number of aryl methyl sites for hydroxylation is 2. The first kappa shape index (κ1) is 16.0. The fraction of sp³-hybridized carbons (Fsp3) is 0.333. The van der Waals surface area contributed by atoms with E-state index in [2.05, 4.69) is 39.9 Å². The molecule has 0 saturated heterocycles. The zero-order valence-corrected chi connectivity index (χ0v) is 14.8. The van der Waals surface area contributed by atoms with Gasteiger partial charge in [0.15, 0.2) is 0 Å². The molecule has 1 aromatic carbocycles. The quantitative estimate of drug-likeness (QED) is 0.825. The molecule has 2 N–H and O–H groups in total. The normalized spacial score (nSPS) is 10.7. The van der Waals surface area contributed by atoms with Gasteiger partial charge in [0.25, 0.3) is 0 Å². The van der Waals surface area contributed by atoms with E-state index in [-0.39, 0.29) is 0 Å². The number of benzene rings is 1. The fourth-order valence-corrected chi connectivity index (χ4v) is 2.76. The Morgan fingerprint density at radius 3 is 2.52 bits per heavy atom. The van der Waals surface area contributed by atoms with Crippen LogP contribution in [0.3, 0.4) is 0 Å². The Labute approximate surface area is 139 Å². The molecule has 0 unspecified atom stereocenters. The summed E-state index contributed by atoms with van der Waals surface area (Å²) in [6.45, 7) is 5.74. The standard InChI is InChI=1S/C15H19BrN4S/c1-4-20-13(14(16)10(2)18-20)9-19(3)12-7-5-11(6-8-12)15(17)21/h5-8H,4,9H2,1-3H3,(H2,17,21). The van der Waals surface area contributed by atoms with E-state index in [0.29, 0.717) is 4.99 Å². The second-order valence-electron chi connectivity index (χ2n) is 4.93. The molecule has 0 bridgehead atoms. The van der Waals surface area contributed by atoms with Crippen LogP contribution in [0.4, 0.5) is 5.69 Å². The summed E-state index contributed by atoms with van der Waals surface area (Å²) in [5.41, 5.74) is 9.82. The van der Waals surface area contributed by atoms with E-state index in [9.17, 15) is 0 Å². The van der Waals surface area contributed by atoms with Gasteiger partial charge >= 0.3 is 0 Å². The Kier molecular flexibility index (Phi) is 5.00. The van der Waals surface area contributed by atoms with Crippen molar-refractivity contribution in [3.63, 3.8) is 0 Å². The lowest BCUT2D eigenvalue weighted by Gasteiger charge is -2.20. The smallest absolute Gasteiger partial charge is 0.103 e. The predicted octanol–water partition coefficient (Wildman–Crippen LogP) is 3.24. The summed E-state index contributed by atoms with van der Waals surface area (Å²) < 4.78 is 3.11. The largest absolute Gasteiger partial charge is 0.389 e. The number of thiocarbonyl (C=S) groups is 1.